The van der Waals surface area contributed by atoms with Gasteiger partial charge in [-0.1, -0.05) is 0 Å². The average Bonchev–Trinajstić information content (AvgIpc) is 2.05. The van der Waals surface area contributed by atoms with E-state index >= 15 is 0 Å². The monoisotopic (exact) mass is 151 g/mol. The molecule has 0 aromatic heterocycles. The van der Waals surface area contributed by atoms with E-state index in [-0.39, 0.29) is 5.69 Å². The smallest absolute Gasteiger partial charge is 0.269 e. The Morgan fingerprint density at radius 3 is 2.27 bits per heavy atom. The summed E-state index contributed by atoms with van der Waals surface area (Å²) in [6.45, 7) is 0. The first-order chi connectivity index (χ1) is 5.24. The summed E-state index contributed by atoms with van der Waals surface area (Å²) in [6, 6.07) is 5.44. The minimum Gasteiger partial charge on any atom is -0.502 e. The first-order valence-electron chi connectivity index (χ1n) is 2.88. The van der Waals surface area contributed by atoms with Gasteiger partial charge in [-0.2, -0.15) is 0 Å². The van der Waals surface area contributed by atoms with Gasteiger partial charge in [0.1, 0.15) is 0 Å². The van der Waals surface area contributed by atoms with Crippen LogP contribution < -0.4 is 5.11 Å². The molecule has 0 spiro atoms. The van der Waals surface area contributed by atoms with Crippen molar-refractivity contribution in [2.75, 3.05) is 0 Å². The Balaban J connectivity index is 3.00. The number of nitrogens with one attached hydrogen (secondary N) is 1. The topological polar surface area (TPSA) is 79.4 Å². The van der Waals surface area contributed by atoms with Gasteiger partial charge in [-0.25, -0.2) is 0 Å². The van der Waals surface area contributed by atoms with E-state index in [0.29, 0.717) is 5.69 Å². The van der Waals surface area contributed by atoms with Crippen LogP contribution >= 0.6 is 0 Å². The highest BCUT2D eigenvalue weighted by atomic mass is 16.6. The fourth-order valence-corrected chi connectivity index (χ4v) is 0.658. The van der Waals surface area contributed by atoms with E-state index in [4.69, 9.17) is 5.53 Å². The molecular weight excluding hydrogens is 146 g/mol. The molecule has 0 aliphatic carbocycles. The Hall–Kier alpha value is -1.78. The molecule has 1 N–H and O–H groups in total. The molecule has 1 aromatic carbocycles. The number of benzene rings is 1. The molecule has 0 saturated carbocycles. The summed E-state index contributed by atoms with van der Waals surface area (Å²) in [5.74, 6) is 0. The van der Waals surface area contributed by atoms with E-state index in [2.05, 4.69) is 0 Å². The van der Waals surface area contributed by atoms with Gasteiger partial charge in [0.25, 0.3) is 5.69 Å². The molecule has 0 unspecified atom stereocenters. The highest BCUT2D eigenvalue weighted by molar-refractivity contribution is 5.38. The Labute approximate surface area is 62.3 Å². The second kappa shape index (κ2) is 2.87. The van der Waals surface area contributed by atoms with Crippen molar-refractivity contribution in [1.29, 1.82) is 0 Å². The van der Waals surface area contributed by atoms with Gasteiger partial charge in [0.2, 0.25) is 0 Å². The van der Waals surface area contributed by atoms with E-state index < -0.39 is 4.92 Å². The zero-order valence-corrected chi connectivity index (χ0v) is 5.52. The predicted molar refractivity (Wildman–Crippen MR) is 37.1 cm³/mol. The maximum atomic E-state index is 10.1. The second-order valence-electron chi connectivity index (χ2n) is 1.92. The molecule has 0 aliphatic heterocycles. The summed E-state index contributed by atoms with van der Waals surface area (Å²) in [7, 11) is 0. The van der Waals surface area contributed by atoms with Crippen molar-refractivity contribution in [3.63, 3.8) is 0 Å². The fraction of sp³-hybridized carbons (Fsp3) is 0. The lowest BCUT2D eigenvalue weighted by Gasteiger charge is -1.89. The molecule has 5 nitrogen and oxygen atoms in total. The Kier molecular flexibility index (Phi) is 1.91. The summed E-state index contributed by atoms with van der Waals surface area (Å²) < 4.78 is 0. The maximum absolute atomic E-state index is 10.1. The van der Waals surface area contributed by atoms with Crippen molar-refractivity contribution >= 4 is 11.4 Å². The van der Waals surface area contributed by atoms with Gasteiger partial charge in [-0.3, -0.25) is 15.2 Å². The fourth-order valence-electron chi connectivity index (χ4n) is 0.658. The molecule has 0 radical (unpaired) electrons. The highest BCUT2D eigenvalue weighted by Gasteiger charge is 2.03. The summed E-state index contributed by atoms with van der Waals surface area (Å²) in [5.41, 5.74) is 8.78. The van der Waals surface area contributed by atoms with Crippen molar-refractivity contribution in [3.8, 4) is 0 Å². The summed E-state index contributed by atoms with van der Waals surface area (Å²) in [5, 5.41) is 12.0. The molecule has 11 heavy (non-hydrogen) atoms. The van der Waals surface area contributed by atoms with Crippen LogP contribution in [-0.2, 0) is 0 Å². The first-order valence-corrected chi connectivity index (χ1v) is 2.88. The van der Waals surface area contributed by atoms with Gasteiger partial charge in [-0.05, 0) is 0 Å². The van der Waals surface area contributed by atoms with E-state index in [0.717, 1.165) is 0 Å². The third kappa shape index (κ3) is 1.57. The Bertz CT molecular complexity index is 280. The van der Waals surface area contributed by atoms with E-state index in [1.165, 1.54) is 24.3 Å². The van der Waals surface area contributed by atoms with Crippen LogP contribution in [0.25, 0.3) is 5.53 Å². The molecule has 5 heteroatoms. The molecule has 1 rings (SSSR count). The van der Waals surface area contributed by atoms with Gasteiger partial charge in [0, 0.05) is 24.3 Å². The van der Waals surface area contributed by atoms with Crippen LogP contribution in [0.1, 0.15) is 0 Å². The molecular formula is C6H5N3O2. The Morgan fingerprint density at radius 1 is 1.36 bits per heavy atom. The molecule has 0 fully saturated rings. The normalized spacial score (nSPS) is 9.09. The zero-order chi connectivity index (χ0) is 8.27. The molecule has 0 atom stereocenters. The number of non-ortho nitro benzene ring substituents is 1. The van der Waals surface area contributed by atoms with Gasteiger partial charge in [0.05, 0.1) is 4.92 Å². The lowest BCUT2D eigenvalue weighted by molar-refractivity contribution is -0.387. The minimum atomic E-state index is -0.499. The van der Waals surface area contributed by atoms with Crippen molar-refractivity contribution in [1.82, 2.24) is 0 Å². The van der Waals surface area contributed by atoms with Gasteiger partial charge in [0.15, 0.2) is 5.69 Å². The van der Waals surface area contributed by atoms with Gasteiger partial charge in [-0.15, -0.1) is 0 Å². The Morgan fingerprint density at radius 2 is 1.91 bits per heavy atom. The largest absolute Gasteiger partial charge is 0.502 e. The molecule has 1 aromatic rings. The molecule has 56 valence electrons. The van der Waals surface area contributed by atoms with Crippen LogP contribution in [0.4, 0.5) is 11.4 Å². The van der Waals surface area contributed by atoms with Crippen molar-refractivity contribution in [3.05, 3.63) is 39.9 Å². The maximum Gasteiger partial charge on any atom is 0.269 e. The molecule has 0 amide bonds. The van der Waals surface area contributed by atoms with Gasteiger partial charge < -0.3 is 5.53 Å². The number of rotatable bonds is 2. The van der Waals surface area contributed by atoms with Crippen molar-refractivity contribution in [2.45, 2.75) is 0 Å². The second-order valence-corrected chi connectivity index (χ2v) is 1.92. The number of nitrogens with zero attached hydrogens (tertiary/aromatic N) is 2. The van der Waals surface area contributed by atoms with E-state index in [9.17, 15) is 10.1 Å². The molecule has 0 saturated heterocycles. The third-order valence-corrected chi connectivity index (χ3v) is 1.21. The van der Waals surface area contributed by atoms with Crippen LogP contribution in [0.15, 0.2) is 24.3 Å². The van der Waals surface area contributed by atoms with E-state index in [1.54, 1.807) is 0 Å². The number of nitro benzene ring substituents is 1. The third-order valence-electron chi connectivity index (χ3n) is 1.21. The number of hydrogen-bond acceptors (Lipinski definition) is 2. The lowest BCUT2D eigenvalue weighted by Crippen LogP contribution is -2.54. The number of nitro groups is 1. The van der Waals surface area contributed by atoms with Gasteiger partial charge >= 0.3 is 0 Å². The van der Waals surface area contributed by atoms with Crippen molar-refractivity contribution < 1.29 is 10.0 Å². The molecule has 0 aliphatic rings. The quantitative estimate of drug-likeness (QED) is 0.375. The average molecular weight is 151 g/mol. The van der Waals surface area contributed by atoms with Crippen molar-refractivity contribution in [2.24, 2.45) is 0 Å². The molecule has 0 bridgehead atoms. The van der Waals surface area contributed by atoms with Crippen LogP contribution in [0.5, 0.6) is 0 Å². The van der Waals surface area contributed by atoms with Crippen LogP contribution in [0.3, 0.4) is 0 Å². The van der Waals surface area contributed by atoms with Crippen LogP contribution in [0.2, 0.25) is 0 Å². The predicted octanol–water partition coefficient (Wildman–Crippen LogP) is 0.328. The first kappa shape index (κ1) is 7.33. The minimum absolute atomic E-state index is 0.00370. The van der Waals surface area contributed by atoms with Crippen LogP contribution in [-0.4, -0.2) is 4.92 Å². The summed E-state index contributed by atoms with van der Waals surface area (Å²) >= 11 is 0. The van der Waals surface area contributed by atoms with Crippen LogP contribution in [0, 0.1) is 10.1 Å². The van der Waals surface area contributed by atoms with E-state index in [1.807, 2.05) is 5.11 Å². The summed E-state index contributed by atoms with van der Waals surface area (Å²) in [6.07, 6.45) is 0. The highest BCUT2D eigenvalue weighted by Crippen LogP contribution is 2.11. The standard InChI is InChI=1S/C6H5N3O2/c7-8-5-1-3-6(4-2-5)9(10)11/h1-4,8H. The lowest BCUT2D eigenvalue weighted by atomic mass is 10.3. The zero-order valence-electron chi connectivity index (χ0n) is 5.52. The number of hydrogen-bond donors (Lipinski definition) is 1. The molecule has 0 heterocycles. The SMILES string of the molecule is [N-]=[NH+]c1ccc([N+](=O)[O-])cc1. The summed E-state index contributed by atoms with van der Waals surface area (Å²) in [4.78, 5) is 9.62.